The van der Waals surface area contributed by atoms with Crippen LogP contribution < -0.4 is 10.5 Å². The predicted molar refractivity (Wildman–Crippen MR) is 80.4 cm³/mol. The zero-order valence-corrected chi connectivity index (χ0v) is 13.6. The van der Waals surface area contributed by atoms with Gasteiger partial charge in [-0.1, -0.05) is 11.3 Å². The zero-order valence-electron chi connectivity index (χ0n) is 11.9. The number of hydrogen-bond acceptors (Lipinski definition) is 6. The highest BCUT2D eigenvalue weighted by molar-refractivity contribution is 7.91. The summed E-state index contributed by atoms with van der Waals surface area (Å²) in [7, 11) is -3.87. The Hall–Kier alpha value is -1.06. The molecule has 1 amide bonds. The van der Waals surface area contributed by atoms with Crippen molar-refractivity contribution in [1.82, 2.24) is 10.2 Å². The van der Waals surface area contributed by atoms with Crippen LogP contribution in [0.4, 0.5) is 5.13 Å². The molecule has 4 bridgehead atoms. The van der Waals surface area contributed by atoms with Crippen molar-refractivity contribution < 1.29 is 13.2 Å². The molecule has 0 saturated heterocycles. The van der Waals surface area contributed by atoms with Crippen LogP contribution in [0.3, 0.4) is 0 Å². The number of carbonyl (C=O) groups is 1. The van der Waals surface area contributed by atoms with Crippen molar-refractivity contribution in [3.8, 4) is 0 Å². The Bertz CT molecular complexity index is 687. The molecule has 0 radical (unpaired) electrons. The topological polar surface area (TPSA) is 115 Å². The lowest BCUT2D eigenvalue weighted by atomic mass is 9.51. The second-order valence-electron chi connectivity index (χ2n) is 6.86. The van der Waals surface area contributed by atoms with Crippen molar-refractivity contribution >= 4 is 32.4 Å². The van der Waals surface area contributed by atoms with E-state index in [4.69, 9.17) is 5.14 Å². The van der Waals surface area contributed by atoms with Gasteiger partial charge >= 0.3 is 0 Å². The second-order valence-corrected chi connectivity index (χ2v) is 9.58. The molecule has 1 aromatic rings. The van der Waals surface area contributed by atoms with E-state index in [1.54, 1.807) is 0 Å². The highest BCUT2D eigenvalue weighted by Crippen LogP contribution is 2.56. The van der Waals surface area contributed by atoms with Crippen molar-refractivity contribution in [2.75, 3.05) is 5.32 Å². The second kappa shape index (κ2) is 4.97. The van der Waals surface area contributed by atoms with Gasteiger partial charge < -0.3 is 5.32 Å². The number of sulfonamides is 1. The summed E-state index contributed by atoms with van der Waals surface area (Å²) < 4.78 is 22.1. The van der Waals surface area contributed by atoms with E-state index >= 15 is 0 Å². The Morgan fingerprint density at radius 1 is 1.09 bits per heavy atom. The van der Waals surface area contributed by atoms with E-state index in [0.717, 1.165) is 48.9 Å². The highest BCUT2D eigenvalue weighted by Gasteiger charge is 2.50. The summed E-state index contributed by atoms with van der Waals surface area (Å²) in [6.07, 6.45) is 5.97. The number of anilines is 1. The molecule has 22 heavy (non-hydrogen) atoms. The number of aromatic nitrogens is 2. The maximum Gasteiger partial charge on any atom is 0.267 e. The van der Waals surface area contributed by atoms with Gasteiger partial charge in [0.1, 0.15) is 0 Å². The lowest BCUT2D eigenvalue weighted by Gasteiger charge is -2.53. The van der Waals surface area contributed by atoms with E-state index in [1.165, 1.54) is 6.42 Å². The zero-order chi connectivity index (χ0) is 15.5. The van der Waals surface area contributed by atoms with E-state index in [9.17, 15) is 13.2 Å². The summed E-state index contributed by atoms with van der Waals surface area (Å²) in [5.74, 6) is 2.56. The summed E-state index contributed by atoms with van der Waals surface area (Å²) in [6, 6.07) is 0. The largest absolute Gasteiger partial charge is 0.300 e. The van der Waals surface area contributed by atoms with Crippen LogP contribution in [0.2, 0.25) is 0 Å². The van der Waals surface area contributed by atoms with Gasteiger partial charge in [0.2, 0.25) is 15.4 Å². The summed E-state index contributed by atoms with van der Waals surface area (Å²) in [5.41, 5.74) is 0. The van der Waals surface area contributed by atoms with Crippen LogP contribution in [0.15, 0.2) is 4.34 Å². The standard InChI is InChI=1S/C13H18N4O3S2/c14-22(19,20)13-17-16-12(21-13)15-11(18)10-8-2-6-1-7(4-8)5-9(10)3-6/h6-10H,1-5H2,(H2,14,19,20)(H,15,16,18). The third-order valence-corrected chi connectivity index (χ3v) is 7.56. The predicted octanol–water partition coefficient (Wildman–Crippen LogP) is 1.20. The molecular formula is C13H18N4O3S2. The van der Waals surface area contributed by atoms with Crippen molar-refractivity contribution in [2.24, 2.45) is 34.7 Å². The van der Waals surface area contributed by atoms with Crippen molar-refractivity contribution in [2.45, 2.75) is 36.4 Å². The van der Waals surface area contributed by atoms with Gasteiger partial charge in [0.05, 0.1) is 0 Å². The molecule has 9 heteroatoms. The lowest BCUT2D eigenvalue weighted by molar-refractivity contribution is -0.132. The maximum atomic E-state index is 12.6. The smallest absolute Gasteiger partial charge is 0.267 e. The molecular weight excluding hydrogens is 324 g/mol. The number of amides is 1. The quantitative estimate of drug-likeness (QED) is 0.801. The molecule has 0 aromatic carbocycles. The lowest BCUT2D eigenvalue weighted by Crippen LogP contribution is -2.49. The molecule has 120 valence electrons. The van der Waals surface area contributed by atoms with Gasteiger partial charge in [0, 0.05) is 5.92 Å². The molecule has 4 saturated carbocycles. The molecule has 4 fully saturated rings. The van der Waals surface area contributed by atoms with Crippen LogP contribution in [-0.2, 0) is 14.8 Å². The molecule has 0 unspecified atom stereocenters. The average molecular weight is 342 g/mol. The Balaban J connectivity index is 1.50. The first kappa shape index (κ1) is 14.5. The molecule has 3 N–H and O–H groups in total. The summed E-state index contributed by atoms with van der Waals surface area (Å²) in [4.78, 5) is 12.6. The minimum atomic E-state index is -3.87. The molecule has 4 aliphatic rings. The monoisotopic (exact) mass is 342 g/mol. The van der Waals surface area contributed by atoms with Gasteiger partial charge in [0.15, 0.2) is 0 Å². The van der Waals surface area contributed by atoms with Crippen LogP contribution >= 0.6 is 11.3 Å². The third kappa shape index (κ3) is 2.44. The normalized spacial score (nSPS) is 36.5. The fourth-order valence-electron chi connectivity index (χ4n) is 4.92. The number of hydrogen-bond donors (Lipinski definition) is 2. The summed E-state index contributed by atoms with van der Waals surface area (Å²) in [6.45, 7) is 0. The summed E-state index contributed by atoms with van der Waals surface area (Å²) in [5, 5.41) is 15.2. The minimum absolute atomic E-state index is 0.0362. The number of primary sulfonamides is 1. The van der Waals surface area contributed by atoms with Gasteiger partial charge in [0.25, 0.3) is 10.0 Å². The van der Waals surface area contributed by atoms with Gasteiger partial charge in [-0.15, -0.1) is 10.2 Å². The van der Waals surface area contributed by atoms with Crippen LogP contribution in [0.25, 0.3) is 0 Å². The molecule has 0 spiro atoms. The fourth-order valence-corrected chi connectivity index (χ4v) is 6.25. The summed E-state index contributed by atoms with van der Waals surface area (Å²) >= 11 is 0.802. The maximum absolute atomic E-state index is 12.6. The van der Waals surface area contributed by atoms with Crippen molar-refractivity contribution in [3.05, 3.63) is 0 Å². The number of nitrogens with two attached hydrogens (primary N) is 1. The van der Waals surface area contributed by atoms with E-state index in [2.05, 4.69) is 15.5 Å². The third-order valence-electron chi connectivity index (χ3n) is 5.41. The SMILES string of the molecule is NS(=O)(=O)c1nnc(NC(=O)C2C3CC4CC(C3)CC2C4)s1. The first-order valence-corrected chi connectivity index (χ1v) is 9.93. The number of nitrogens with one attached hydrogen (secondary N) is 1. The number of carbonyl (C=O) groups excluding carboxylic acids is 1. The Labute approximate surface area is 132 Å². The van der Waals surface area contributed by atoms with E-state index < -0.39 is 10.0 Å². The number of rotatable bonds is 3. The van der Waals surface area contributed by atoms with Crippen molar-refractivity contribution in [3.63, 3.8) is 0 Å². The molecule has 1 heterocycles. The fraction of sp³-hybridized carbons (Fsp3) is 0.769. The van der Waals surface area contributed by atoms with Crippen LogP contribution in [-0.4, -0.2) is 24.5 Å². The molecule has 1 aromatic heterocycles. The van der Waals surface area contributed by atoms with Gasteiger partial charge in [-0.3, -0.25) is 4.79 Å². The van der Waals surface area contributed by atoms with Gasteiger partial charge in [-0.2, -0.15) is 0 Å². The highest BCUT2D eigenvalue weighted by atomic mass is 32.2. The first-order chi connectivity index (χ1) is 10.4. The van der Waals surface area contributed by atoms with E-state index in [0.29, 0.717) is 11.8 Å². The average Bonchev–Trinajstić information content (AvgIpc) is 2.85. The molecule has 4 aliphatic carbocycles. The Kier molecular flexibility index (Phi) is 3.28. The molecule has 0 aliphatic heterocycles. The Morgan fingerprint density at radius 3 is 2.18 bits per heavy atom. The van der Waals surface area contributed by atoms with Gasteiger partial charge in [-0.25, -0.2) is 13.6 Å². The Morgan fingerprint density at radius 2 is 1.68 bits per heavy atom. The van der Waals surface area contributed by atoms with E-state index in [-0.39, 0.29) is 21.3 Å². The van der Waals surface area contributed by atoms with Gasteiger partial charge in [-0.05, 0) is 55.8 Å². The minimum Gasteiger partial charge on any atom is -0.300 e. The molecule has 0 atom stereocenters. The molecule has 7 nitrogen and oxygen atoms in total. The van der Waals surface area contributed by atoms with Crippen LogP contribution in [0, 0.1) is 29.6 Å². The molecule has 5 rings (SSSR count). The van der Waals surface area contributed by atoms with Crippen LogP contribution in [0.1, 0.15) is 32.1 Å². The van der Waals surface area contributed by atoms with E-state index in [1.807, 2.05) is 0 Å². The first-order valence-electron chi connectivity index (χ1n) is 7.57. The number of nitrogens with zero attached hydrogens (tertiary/aromatic N) is 2. The van der Waals surface area contributed by atoms with Crippen molar-refractivity contribution in [1.29, 1.82) is 0 Å². The van der Waals surface area contributed by atoms with Crippen LogP contribution in [0.5, 0.6) is 0 Å².